The molecule has 2 aromatic heterocycles. The minimum atomic E-state index is -0.356. The molecule has 0 atom stereocenters. The van der Waals surface area contributed by atoms with Gasteiger partial charge in [-0.3, -0.25) is 9.78 Å². The highest BCUT2D eigenvalue weighted by Crippen LogP contribution is 2.27. The fourth-order valence-corrected chi connectivity index (χ4v) is 4.15. The van der Waals surface area contributed by atoms with E-state index in [2.05, 4.69) is 9.88 Å². The standard InChI is InChI=1S/C21H21FN4O2S/c22-16-3-5-18(6-4-16)26(20(28)15-2-1-9-23-12-15)13-17-14-29-21(24-17)25-10-7-19(27)8-11-25/h1-6,9,12,14,19,27H,7-8,10-11,13H2. The normalized spacial score (nSPS) is 14.8. The Morgan fingerprint density at radius 3 is 2.69 bits per heavy atom. The summed E-state index contributed by atoms with van der Waals surface area (Å²) in [7, 11) is 0. The zero-order valence-electron chi connectivity index (χ0n) is 15.7. The summed E-state index contributed by atoms with van der Waals surface area (Å²) in [6.07, 6.45) is 4.36. The number of pyridine rings is 1. The monoisotopic (exact) mass is 412 g/mol. The van der Waals surface area contributed by atoms with E-state index in [1.54, 1.807) is 35.4 Å². The second-order valence-corrected chi connectivity index (χ2v) is 7.79. The Kier molecular flexibility index (Phi) is 5.82. The summed E-state index contributed by atoms with van der Waals surface area (Å²) in [5.41, 5.74) is 1.81. The van der Waals surface area contributed by atoms with E-state index >= 15 is 0 Å². The first kappa shape index (κ1) is 19.5. The van der Waals surface area contributed by atoms with E-state index in [-0.39, 0.29) is 24.4 Å². The highest BCUT2D eigenvalue weighted by Gasteiger charge is 2.22. The highest BCUT2D eigenvalue weighted by atomic mass is 32.1. The van der Waals surface area contributed by atoms with Crippen molar-refractivity contribution in [1.82, 2.24) is 9.97 Å². The number of nitrogens with zero attached hydrogens (tertiary/aromatic N) is 4. The minimum Gasteiger partial charge on any atom is -0.393 e. The average Bonchev–Trinajstić information content (AvgIpc) is 3.22. The summed E-state index contributed by atoms with van der Waals surface area (Å²) in [6, 6.07) is 9.26. The Bertz CT molecular complexity index is 956. The van der Waals surface area contributed by atoms with Gasteiger partial charge in [-0.05, 0) is 49.2 Å². The summed E-state index contributed by atoms with van der Waals surface area (Å²) < 4.78 is 13.4. The van der Waals surface area contributed by atoms with Gasteiger partial charge in [-0.2, -0.15) is 0 Å². The van der Waals surface area contributed by atoms with Gasteiger partial charge in [0, 0.05) is 36.6 Å². The van der Waals surface area contributed by atoms with Crippen molar-refractivity contribution >= 4 is 28.1 Å². The van der Waals surface area contributed by atoms with Gasteiger partial charge in [0.15, 0.2) is 5.13 Å². The number of aliphatic hydroxyl groups is 1. The maximum absolute atomic E-state index is 13.4. The molecule has 1 fully saturated rings. The molecule has 1 aromatic carbocycles. The van der Waals surface area contributed by atoms with Crippen molar-refractivity contribution in [2.45, 2.75) is 25.5 Å². The number of rotatable bonds is 5. The van der Waals surface area contributed by atoms with Crippen molar-refractivity contribution in [2.24, 2.45) is 0 Å². The molecule has 6 nitrogen and oxygen atoms in total. The molecule has 3 aromatic rings. The molecule has 3 heterocycles. The van der Waals surface area contributed by atoms with E-state index in [1.807, 2.05) is 5.38 Å². The second kappa shape index (κ2) is 8.67. The molecule has 1 aliphatic heterocycles. The van der Waals surface area contributed by atoms with Gasteiger partial charge in [-0.1, -0.05) is 0 Å². The van der Waals surface area contributed by atoms with Crippen molar-refractivity contribution in [3.8, 4) is 0 Å². The van der Waals surface area contributed by atoms with Crippen LogP contribution in [0.1, 0.15) is 28.9 Å². The van der Waals surface area contributed by atoms with E-state index in [4.69, 9.17) is 4.98 Å². The fraction of sp³-hybridized carbons (Fsp3) is 0.286. The van der Waals surface area contributed by atoms with Gasteiger partial charge in [0.2, 0.25) is 0 Å². The number of halogens is 1. The molecule has 150 valence electrons. The summed E-state index contributed by atoms with van der Waals surface area (Å²) in [5, 5.41) is 12.5. The van der Waals surface area contributed by atoms with Crippen LogP contribution in [0.15, 0.2) is 54.2 Å². The van der Waals surface area contributed by atoms with Crippen LogP contribution in [0.4, 0.5) is 15.2 Å². The number of aliphatic hydroxyl groups excluding tert-OH is 1. The summed E-state index contributed by atoms with van der Waals surface area (Å²) in [4.78, 5) is 25.6. The van der Waals surface area contributed by atoms with Crippen molar-refractivity contribution in [2.75, 3.05) is 22.9 Å². The molecule has 4 rings (SSSR count). The van der Waals surface area contributed by atoms with Crippen molar-refractivity contribution in [3.05, 3.63) is 71.2 Å². The molecule has 1 N–H and O–H groups in total. The molecule has 1 amide bonds. The highest BCUT2D eigenvalue weighted by molar-refractivity contribution is 7.13. The topological polar surface area (TPSA) is 69.6 Å². The maximum Gasteiger partial charge on any atom is 0.260 e. The minimum absolute atomic E-state index is 0.222. The van der Waals surface area contributed by atoms with Crippen LogP contribution < -0.4 is 9.80 Å². The first-order valence-corrected chi connectivity index (χ1v) is 10.3. The quantitative estimate of drug-likeness (QED) is 0.695. The Balaban J connectivity index is 1.57. The molecule has 0 spiro atoms. The van der Waals surface area contributed by atoms with Gasteiger partial charge in [0.25, 0.3) is 5.91 Å². The number of thiazole rings is 1. The van der Waals surface area contributed by atoms with E-state index in [1.165, 1.54) is 29.7 Å². The Morgan fingerprint density at radius 2 is 2.00 bits per heavy atom. The largest absolute Gasteiger partial charge is 0.393 e. The smallest absolute Gasteiger partial charge is 0.260 e. The van der Waals surface area contributed by atoms with Crippen LogP contribution >= 0.6 is 11.3 Å². The zero-order valence-corrected chi connectivity index (χ0v) is 16.6. The Morgan fingerprint density at radius 1 is 1.24 bits per heavy atom. The van der Waals surface area contributed by atoms with Crippen LogP contribution in [0.2, 0.25) is 0 Å². The molecule has 0 radical (unpaired) electrons. The van der Waals surface area contributed by atoms with Gasteiger partial charge >= 0.3 is 0 Å². The molecule has 0 bridgehead atoms. The summed E-state index contributed by atoms with van der Waals surface area (Å²) >= 11 is 1.53. The van der Waals surface area contributed by atoms with Crippen molar-refractivity contribution in [1.29, 1.82) is 0 Å². The number of piperidine rings is 1. The van der Waals surface area contributed by atoms with Crippen LogP contribution in [0, 0.1) is 5.82 Å². The number of hydrogen-bond acceptors (Lipinski definition) is 6. The first-order valence-electron chi connectivity index (χ1n) is 9.45. The zero-order chi connectivity index (χ0) is 20.2. The van der Waals surface area contributed by atoms with Gasteiger partial charge in [-0.15, -0.1) is 11.3 Å². The Labute approximate surface area is 172 Å². The van der Waals surface area contributed by atoms with E-state index in [0.29, 0.717) is 11.3 Å². The van der Waals surface area contributed by atoms with Crippen LogP contribution in [-0.2, 0) is 6.54 Å². The third-order valence-electron chi connectivity index (χ3n) is 4.89. The van der Waals surface area contributed by atoms with Gasteiger partial charge < -0.3 is 14.9 Å². The fourth-order valence-electron chi connectivity index (χ4n) is 3.28. The molecule has 1 saturated heterocycles. The molecule has 1 aliphatic rings. The van der Waals surface area contributed by atoms with Gasteiger partial charge in [0.05, 0.1) is 23.9 Å². The lowest BCUT2D eigenvalue weighted by molar-refractivity contribution is 0.0984. The molecule has 0 saturated carbocycles. The lowest BCUT2D eigenvalue weighted by Crippen LogP contribution is -2.35. The van der Waals surface area contributed by atoms with Crippen LogP contribution in [-0.4, -0.2) is 40.2 Å². The number of benzene rings is 1. The number of anilines is 2. The van der Waals surface area contributed by atoms with E-state index in [9.17, 15) is 14.3 Å². The van der Waals surface area contributed by atoms with Crippen molar-refractivity contribution in [3.63, 3.8) is 0 Å². The predicted octanol–water partition coefficient (Wildman–Crippen LogP) is 3.49. The third-order valence-corrected chi connectivity index (χ3v) is 5.84. The average molecular weight is 412 g/mol. The summed E-state index contributed by atoms with van der Waals surface area (Å²) in [6.45, 7) is 1.81. The lowest BCUT2D eigenvalue weighted by Gasteiger charge is -2.29. The number of aromatic nitrogens is 2. The molecule has 8 heteroatoms. The Hall–Kier alpha value is -2.84. The lowest BCUT2D eigenvalue weighted by atomic mass is 10.1. The maximum atomic E-state index is 13.4. The molecule has 0 unspecified atom stereocenters. The number of carbonyl (C=O) groups excluding carboxylic acids is 1. The molecule has 29 heavy (non-hydrogen) atoms. The molecular weight excluding hydrogens is 391 g/mol. The van der Waals surface area contributed by atoms with Gasteiger partial charge in [0.1, 0.15) is 5.82 Å². The van der Waals surface area contributed by atoms with Crippen LogP contribution in [0.5, 0.6) is 0 Å². The predicted molar refractivity (Wildman–Crippen MR) is 111 cm³/mol. The number of amides is 1. The first-order chi connectivity index (χ1) is 14.1. The second-order valence-electron chi connectivity index (χ2n) is 6.95. The summed E-state index contributed by atoms with van der Waals surface area (Å²) in [5.74, 6) is -0.578. The number of hydrogen-bond donors (Lipinski definition) is 1. The third kappa shape index (κ3) is 4.60. The van der Waals surface area contributed by atoms with Crippen molar-refractivity contribution < 1.29 is 14.3 Å². The van der Waals surface area contributed by atoms with E-state index in [0.717, 1.165) is 36.8 Å². The van der Waals surface area contributed by atoms with Gasteiger partial charge in [-0.25, -0.2) is 9.37 Å². The van der Waals surface area contributed by atoms with Crippen LogP contribution in [0.25, 0.3) is 0 Å². The van der Waals surface area contributed by atoms with E-state index < -0.39 is 0 Å². The molecule has 0 aliphatic carbocycles. The number of carbonyl (C=O) groups is 1. The SMILES string of the molecule is O=C(c1cccnc1)N(Cc1csc(N2CCC(O)CC2)n1)c1ccc(F)cc1. The van der Waals surface area contributed by atoms with Crippen LogP contribution in [0.3, 0.4) is 0 Å². The molecular formula is C21H21FN4O2S.